The van der Waals surface area contributed by atoms with Gasteiger partial charge in [0.1, 0.15) is 0 Å². The predicted octanol–water partition coefficient (Wildman–Crippen LogP) is 3.68. The van der Waals surface area contributed by atoms with E-state index in [9.17, 15) is 21.0 Å². The zero-order valence-electron chi connectivity index (χ0n) is 14.2. The number of aliphatic imine (C=N–C) groups is 2. The van der Waals surface area contributed by atoms with Gasteiger partial charge in [0.15, 0.2) is 11.3 Å². The minimum absolute atomic E-state index is 0.140. The molecule has 0 N–H and O–H groups in total. The lowest BCUT2D eigenvalue weighted by molar-refractivity contribution is 0.395. The van der Waals surface area contributed by atoms with E-state index in [-0.39, 0.29) is 12.3 Å². The number of para-hydroxylation sites is 1. The lowest BCUT2D eigenvalue weighted by Crippen LogP contribution is -2.48. The lowest BCUT2D eigenvalue weighted by Gasteiger charge is -2.34. The Bertz CT molecular complexity index is 1060. The van der Waals surface area contributed by atoms with E-state index < -0.39 is 10.8 Å². The van der Waals surface area contributed by atoms with E-state index in [1.54, 1.807) is 42.5 Å². The molecule has 0 amide bonds. The second kappa shape index (κ2) is 6.93. The maximum atomic E-state index is 9.82. The Labute approximate surface area is 156 Å². The number of benzene rings is 2. The van der Waals surface area contributed by atoms with Gasteiger partial charge in [-0.25, -0.2) is 9.98 Å². The Morgan fingerprint density at radius 3 is 1.85 bits per heavy atom. The molecule has 0 saturated heterocycles. The van der Waals surface area contributed by atoms with Crippen molar-refractivity contribution in [2.24, 2.45) is 20.8 Å². The van der Waals surface area contributed by atoms with Crippen LogP contribution < -0.4 is 0 Å². The van der Waals surface area contributed by atoms with Gasteiger partial charge in [-0.05, 0) is 17.7 Å². The monoisotopic (exact) mass is 348 g/mol. The first-order valence-corrected chi connectivity index (χ1v) is 8.07. The Balaban J connectivity index is 2.33. The smallest absolute Gasteiger partial charge is 0.234 e. The third-order valence-corrected chi connectivity index (χ3v) is 4.46. The first kappa shape index (κ1) is 17.6. The summed E-state index contributed by atoms with van der Waals surface area (Å²) in [6.07, 6.45) is -0.140. The van der Waals surface area contributed by atoms with Crippen LogP contribution >= 0.6 is 0 Å². The molecule has 0 radical (unpaired) electrons. The second-order valence-electron chi connectivity index (χ2n) is 5.97. The fourth-order valence-electron chi connectivity index (χ4n) is 2.94. The summed E-state index contributed by atoms with van der Waals surface area (Å²) >= 11 is 0. The van der Waals surface area contributed by atoms with E-state index in [4.69, 9.17) is 0 Å². The highest BCUT2D eigenvalue weighted by Crippen LogP contribution is 2.47. The van der Waals surface area contributed by atoms with E-state index >= 15 is 0 Å². The maximum absolute atomic E-state index is 9.82. The summed E-state index contributed by atoms with van der Waals surface area (Å²) in [5.41, 5.74) is -2.39. The van der Waals surface area contributed by atoms with Crippen LogP contribution in [0, 0.1) is 56.2 Å². The van der Waals surface area contributed by atoms with Crippen LogP contribution in [-0.4, -0.2) is 11.5 Å². The van der Waals surface area contributed by atoms with E-state index in [1.807, 2.05) is 42.5 Å². The van der Waals surface area contributed by atoms with Gasteiger partial charge in [-0.1, -0.05) is 48.5 Å². The van der Waals surface area contributed by atoms with E-state index in [2.05, 4.69) is 9.98 Å². The fourth-order valence-corrected chi connectivity index (χ4v) is 2.94. The van der Waals surface area contributed by atoms with Gasteiger partial charge >= 0.3 is 0 Å². The van der Waals surface area contributed by atoms with Gasteiger partial charge in [-0.2, -0.15) is 21.0 Å². The van der Waals surface area contributed by atoms with Gasteiger partial charge in [0, 0.05) is 6.42 Å². The zero-order chi connectivity index (χ0) is 19.3. The van der Waals surface area contributed by atoms with Gasteiger partial charge in [0.2, 0.25) is 5.41 Å². The molecular weight excluding hydrogens is 336 g/mol. The second-order valence-corrected chi connectivity index (χ2v) is 5.97. The minimum atomic E-state index is -2.09. The molecule has 0 spiro atoms. The maximum Gasteiger partial charge on any atom is 0.234 e. The summed E-state index contributed by atoms with van der Waals surface area (Å²) in [5.74, 6) is -0.146. The van der Waals surface area contributed by atoms with Crippen molar-refractivity contribution in [2.75, 3.05) is 0 Å². The highest BCUT2D eigenvalue weighted by atomic mass is 15.0. The van der Waals surface area contributed by atoms with E-state index in [0.29, 0.717) is 17.0 Å². The molecule has 0 bridgehead atoms. The molecule has 0 aliphatic carbocycles. The first-order valence-electron chi connectivity index (χ1n) is 8.07. The summed E-state index contributed by atoms with van der Waals surface area (Å²) in [5, 5.41) is 39.2. The SMILES string of the molecule is N#CC1(C#N)CC(c2ccccc2)=NC(=Nc2ccccc2)C1(C#N)C#N. The average molecular weight is 348 g/mol. The van der Waals surface area contributed by atoms with Gasteiger partial charge in [-0.15, -0.1) is 0 Å². The van der Waals surface area contributed by atoms with Gasteiger partial charge < -0.3 is 0 Å². The molecule has 2 aromatic carbocycles. The topological polar surface area (TPSA) is 120 Å². The van der Waals surface area contributed by atoms with Crippen molar-refractivity contribution in [2.45, 2.75) is 6.42 Å². The third kappa shape index (κ3) is 2.73. The normalized spacial score (nSPS) is 18.2. The Morgan fingerprint density at radius 1 is 0.778 bits per heavy atom. The molecule has 1 aliphatic heterocycles. The number of nitrogens with zero attached hydrogens (tertiary/aromatic N) is 6. The number of rotatable bonds is 2. The molecule has 0 saturated carbocycles. The quantitative estimate of drug-likeness (QED) is 0.822. The van der Waals surface area contributed by atoms with Crippen molar-refractivity contribution in [1.29, 1.82) is 21.0 Å². The molecule has 1 aliphatic rings. The Hall–Kier alpha value is -4.26. The van der Waals surface area contributed by atoms with Crippen LogP contribution in [0.15, 0.2) is 70.6 Å². The number of nitriles is 4. The van der Waals surface area contributed by atoms with Crippen molar-refractivity contribution in [3.8, 4) is 24.3 Å². The van der Waals surface area contributed by atoms with Crippen LogP contribution in [0.4, 0.5) is 5.69 Å². The minimum Gasteiger partial charge on any atom is -0.234 e. The van der Waals surface area contributed by atoms with Crippen molar-refractivity contribution >= 4 is 17.2 Å². The van der Waals surface area contributed by atoms with Crippen molar-refractivity contribution in [1.82, 2.24) is 0 Å². The molecular formula is C21H12N6. The summed E-state index contributed by atoms with van der Waals surface area (Å²) in [6, 6.07) is 25.3. The number of amidine groups is 1. The highest BCUT2D eigenvalue weighted by Gasteiger charge is 2.61. The largest absolute Gasteiger partial charge is 0.234 e. The standard InChI is InChI=1S/C21H12N6/c22-12-20(13-23)11-18(16-7-3-1-4-8-16)27-19(21(20,14-24)15-25)26-17-9-5-2-6-10-17/h1-10H,11H2. The van der Waals surface area contributed by atoms with Crippen LogP contribution in [-0.2, 0) is 0 Å². The molecule has 2 aromatic rings. The van der Waals surface area contributed by atoms with Gasteiger partial charge in [0.05, 0.1) is 35.7 Å². The average Bonchev–Trinajstić information content (AvgIpc) is 2.74. The van der Waals surface area contributed by atoms with Gasteiger partial charge in [-0.3, -0.25) is 0 Å². The lowest BCUT2D eigenvalue weighted by atomic mass is 9.61. The Kier molecular flexibility index (Phi) is 4.51. The van der Waals surface area contributed by atoms with Crippen molar-refractivity contribution in [3.63, 3.8) is 0 Å². The predicted molar refractivity (Wildman–Crippen MR) is 98.5 cm³/mol. The van der Waals surface area contributed by atoms with Gasteiger partial charge in [0.25, 0.3) is 0 Å². The molecule has 0 atom stereocenters. The van der Waals surface area contributed by atoms with Crippen molar-refractivity contribution in [3.05, 3.63) is 66.2 Å². The molecule has 0 aromatic heterocycles. The first-order chi connectivity index (χ1) is 13.1. The molecule has 0 fully saturated rings. The summed E-state index contributed by atoms with van der Waals surface area (Å²) in [4.78, 5) is 8.82. The molecule has 0 unspecified atom stereocenters. The van der Waals surface area contributed by atoms with E-state index in [1.165, 1.54) is 0 Å². The van der Waals surface area contributed by atoms with E-state index in [0.717, 1.165) is 0 Å². The molecule has 1 heterocycles. The Morgan fingerprint density at radius 2 is 1.33 bits per heavy atom. The van der Waals surface area contributed by atoms with Crippen LogP contribution in [0.25, 0.3) is 0 Å². The molecule has 6 nitrogen and oxygen atoms in total. The molecule has 3 rings (SSSR count). The zero-order valence-corrected chi connectivity index (χ0v) is 14.2. The molecule has 6 heteroatoms. The van der Waals surface area contributed by atoms with Crippen LogP contribution in [0.5, 0.6) is 0 Å². The third-order valence-electron chi connectivity index (χ3n) is 4.46. The van der Waals surface area contributed by atoms with Crippen LogP contribution in [0.1, 0.15) is 12.0 Å². The molecule has 27 heavy (non-hydrogen) atoms. The highest BCUT2D eigenvalue weighted by molar-refractivity contribution is 6.14. The number of hydrogen-bond acceptors (Lipinski definition) is 5. The summed E-state index contributed by atoms with van der Waals surface area (Å²) < 4.78 is 0. The van der Waals surface area contributed by atoms with Crippen LogP contribution in [0.2, 0.25) is 0 Å². The van der Waals surface area contributed by atoms with Crippen molar-refractivity contribution < 1.29 is 0 Å². The summed E-state index contributed by atoms with van der Waals surface area (Å²) in [6.45, 7) is 0. The number of hydrogen-bond donors (Lipinski definition) is 0. The summed E-state index contributed by atoms with van der Waals surface area (Å²) in [7, 11) is 0. The molecule has 126 valence electrons. The fraction of sp³-hybridized carbons (Fsp3) is 0.143. The van der Waals surface area contributed by atoms with Crippen LogP contribution in [0.3, 0.4) is 0 Å².